The van der Waals surface area contributed by atoms with Gasteiger partial charge in [-0.05, 0) is 36.1 Å². The Morgan fingerprint density at radius 3 is 2.57 bits per heavy atom. The summed E-state index contributed by atoms with van der Waals surface area (Å²) in [5.74, 6) is 0.276. The molecule has 72 valence electrons. The number of aromatic nitrogens is 2. The standard InChI is InChI=1S/C10H10N2OS/c1-14-10-11-6-9(12-10)7-2-4-8(13)5-3-7/h2-6,13H,1H3,(H,11,12). The van der Waals surface area contributed by atoms with E-state index in [1.54, 1.807) is 30.1 Å². The molecular formula is C10H10N2OS. The van der Waals surface area contributed by atoms with E-state index in [1.165, 1.54) is 0 Å². The molecule has 0 aliphatic carbocycles. The topological polar surface area (TPSA) is 48.9 Å². The van der Waals surface area contributed by atoms with Crippen LogP contribution in [-0.2, 0) is 0 Å². The van der Waals surface area contributed by atoms with E-state index in [4.69, 9.17) is 5.11 Å². The highest BCUT2D eigenvalue weighted by molar-refractivity contribution is 7.98. The lowest BCUT2D eigenvalue weighted by Crippen LogP contribution is -1.76. The zero-order valence-electron chi connectivity index (χ0n) is 7.69. The molecule has 14 heavy (non-hydrogen) atoms. The molecule has 0 atom stereocenters. The van der Waals surface area contributed by atoms with E-state index in [0.29, 0.717) is 0 Å². The lowest BCUT2D eigenvalue weighted by molar-refractivity contribution is 0.475. The maximum Gasteiger partial charge on any atom is 0.165 e. The molecule has 0 bridgehead atoms. The number of phenols is 1. The van der Waals surface area contributed by atoms with Gasteiger partial charge < -0.3 is 10.1 Å². The smallest absolute Gasteiger partial charge is 0.165 e. The SMILES string of the molecule is CSc1ncc(-c2ccc(O)cc2)[nH]1. The van der Waals surface area contributed by atoms with Crippen LogP contribution in [0.3, 0.4) is 0 Å². The molecule has 3 nitrogen and oxygen atoms in total. The Labute approximate surface area is 86.2 Å². The second-order valence-electron chi connectivity index (χ2n) is 2.85. The molecule has 0 radical (unpaired) electrons. The first-order valence-corrected chi connectivity index (χ1v) is 5.40. The van der Waals surface area contributed by atoms with Crippen molar-refractivity contribution < 1.29 is 5.11 Å². The highest BCUT2D eigenvalue weighted by atomic mass is 32.2. The van der Waals surface area contributed by atoms with Gasteiger partial charge in [0.25, 0.3) is 0 Å². The number of phenolic OH excluding ortho intramolecular Hbond substituents is 1. The van der Waals surface area contributed by atoms with E-state index in [1.807, 2.05) is 18.4 Å². The zero-order valence-corrected chi connectivity index (χ0v) is 8.51. The van der Waals surface area contributed by atoms with Gasteiger partial charge in [0.2, 0.25) is 0 Å². The minimum absolute atomic E-state index is 0.276. The summed E-state index contributed by atoms with van der Waals surface area (Å²) in [6.07, 6.45) is 3.76. The van der Waals surface area contributed by atoms with Gasteiger partial charge >= 0.3 is 0 Å². The fourth-order valence-electron chi connectivity index (χ4n) is 1.19. The van der Waals surface area contributed by atoms with Gasteiger partial charge in [-0.15, -0.1) is 0 Å². The number of nitrogens with zero attached hydrogens (tertiary/aromatic N) is 1. The first-order valence-electron chi connectivity index (χ1n) is 4.18. The van der Waals surface area contributed by atoms with Crippen molar-refractivity contribution in [2.75, 3.05) is 6.26 Å². The number of aromatic amines is 1. The zero-order chi connectivity index (χ0) is 9.97. The number of imidazole rings is 1. The second kappa shape index (κ2) is 3.75. The molecule has 0 aliphatic rings. The van der Waals surface area contributed by atoms with Crippen LogP contribution < -0.4 is 0 Å². The predicted octanol–water partition coefficient (Wildman–Crippen LogP) is 2.50. The van der Waals surface area contributed by atoms with Crippen molar-refractivity contribution in [3.63, 3.8) is 0 Å². The summed E-state index contributed by atoms with van der Waals surface area (Å²) >= 11 is 1.57. The molecule has 0 fully saturated rings. The molecule has 0 amide bonds. The number of rotatable bonds is 2. The summed E-state index contributed by atoms with van der Waals surface area (Å²) < 4.78 is 0. The van der Waals surface area contributed by atoms with E-state index in [-0.39, 0.29) is 5.75 Å². The average molecular weight is 206 g/mol. The molecule has 4 heteroatoms. The maximum absolute atomic E-state index is 9.13. The Morgan fingerprint density at radius 2 is 2.00 bits per heavy atom. The Bertz CT molecular complexity index is 422. The van der Waals surface area contributed by atoms with Crippen LogP contribution >= 0.6 is 11.8 Å². The van der Waals surface area contributed by atoms with Crippen molar-refractivity contribution in [3.8, 4) is 17.0 Å². The number of thioether (sulfide) groups is 1. The van der Waals surface area contributed by atoms with Gasteiger partial charge in [-0.3, -0.25) is 0 Å². The van der Waals surface area contributed by atoms with E-state index >= 15 is 0 Å². The van der Waals surface area contributed by atoms with E-state index in [2.05, 4.69) is 9.97 Å². The van der Waals surface area contributed by atoms with Gasteiger partial charge in [0.15, 0.2) is 5.16 Å². The third-order valence-electron chi connectivity index (χ3n) is 1.92. The molecule has 0 unspecified atom stereocenters. The van der Waals surface area contributed by atoms with Crippen LogP contribution in [0.25, 0.3) is 11.3 Å². The summed E-state index contributed by atoms with van der Waals surface area (Å²) in [5.41, 5.74) is 1.99. The normalized spacial score (nSPS) is 10.4. The molecule has 0 aliphatic heterocycles. The first-order chi connectivity index (χ1) is 6.79. The summed E-state index contributed by atoms with van der Waals surface area (Å²) in [6.45, 7) is 0. The summed E-state index contributed by atoms with van der Waals surface area (Å²) in [6, 6.07) is 7.03. The molecule has 2 rings (SSSR count). The van der Waals surface area contributed by atoms with Crippen molar-refractivity contribution in [1.29, 1.82) is 0 Å². The molecular weight excluding hydrogens is 196 g/mol. The number of aromatic hydroxyl groups is 1. The van der Waals surface area contributed by atoms with Crippen LogP contribution in [0.4, 0.5) is 0 Å². The van der Waals surface area contributed by atoms with Crippen molar-refractivity contribution in [2.45, 2.75) is 5.16 Å². The Kier molecular flexibility index (Phi) is 2.45. The monoisotopic (exact) mass is 206 g/mol. The van der Waals surface area contributed by atoms with Gasteiger partial charge in [-0.1, -0.05) is 11.8 Å². The molecule has 0 spiro atoms. The van der Waals surface area contributed by atoms with Crippen LogP contribution in [0.15, 0.2) is 35.6 Å². The maximum atomic E-state index is 9.13. The number of hydrogen-bond donors (Lipinski definition) is 2. The second-order valence-corrected chi connectivity index (χ2v) is 3.65. The quantitative estimate of drug-likeness (QED) is 0.742. The largest absolute Gasteiger partial charge is 0.508 e. The van der Waals surface area contributed by atoms with Gasteiger partial charge in [0.1, 0.15) is 5.75 Å². The highest BCUT2D eigenvalue weighted by Gasteiger charge is 2.01. The van der Waals surface area contributed by atoms with Crippen LogP contribution in [0.2, 0.25) is 0 Å². The summed E-state index contributed by atoms with van der Waals surface area (Å²) in [4.78, 5) is 7.35. The number of nitrogens with one attached hydrogen (secondary N) is 1. The van der Waals surface area contributed by atoms with Crippen LogP contribution in [0, 0.1) is 0 Å². The number of H-pyrrole nitrogens is 1. The van der Waals surface area contributed by atoms with Crippen molar-refractivity contribution in [3.05, 3.63) is 30.5 Å². The van der Waals surface area contributed by atoms with Crippen LogP contribution in [0.5, 0.6) is 5.75 Å². The minimum Gasteiger partial charge on any atom is -0.508 e. The lowest BCUT2D eigenvalue weighted by Gasteiger charge is -1.96. The Hall–Kier alpha value is -1.42. The van der Waals surface area contributed by atoms with Gasteiger partial charge in [0, 0.05) is 0 Å². The summed E-state index contributed by atoms with van der Waals surface area (Å²) in [7, 11) is 0. The molecule has 0 saturated heterocycles. The van der Waals surface area contributed by atoms with E-state index in [9.17, 15) is 0 Å². The van der Waals surface area contributed by atoms with Gasteiger partial charge in [0.05, 0.1) is 11.9 Å². The first kappa shape index (κ1) is 9.15. The van der Waals surface area contributed by atoms with E-state index < -0.39 is 0 Å². The molecule has 1 aromatic carbocycles. The fraction of sp³-hybridized carbons (Fsp3) is 0.100. The number of hydrogen-bond acceptors (Lipinski definition) is 3. The predicted molar refractivity (Wildman–Crippen MR) is 57.5 cm³/mol. The van der Waals surface area contributed by atoms with Crippen molar-refractivity contribution in [2.24, 2.45) is 0 Å². The third kappa shape index (κ3) is 1.75. The highest BCUT2D eigenvalue weighted by Crippen LogP contribution is 2.21. The lowest BCUT2D eigenvalue weighted by atomic mass is 10.2. The Morgan fingerprint density at radius 1 is 1.29 bits per heavy atom. The average Bonchev–Trinajstić information content (AvgIpc) is 2.67. The molecule has 1 aromatic heterocycles. The minimum atomic E-state index is 0.276. The summed E-state index contributed by atoms with van der Waals surface area (Å²) in [5, 5.41) is 10.0. The molecule has 2 N–H and O–H groups in total. The van der Waals surface area contributed by atoms with Crippen LogP contribution in [-0.4, -0.2) is 21.3 Å². The molecule has 0 saturated carbocycles. The van der Waals surface area contributed by atoms with Gasteiger partial charge in [-0.25, -0.2) is 4.98 Å². The molecule has 1 heterocycles. The Balaban J connectivity index is 2.34. The van der Waals surface area contributed by atoms with Gasteiger partial charge in [-0.2, -0.15) is 0 Å². The van der Waals surface area contributed by atoms with Crippen molar-refractivity contribution in [1.82, 2.24) is 9.97 Å². The third-order valence-corrected chi connectivity index (χ3v) is 2.52. The number of benzene rings is 1. The molecule has 2 aromatic rings. The van der Waals surface area contributed by atoms with Crippen molar-refractivity contribution >= 4 is 11.8 Å². The fourth-order valence-corrected chi connectivity index (χ4v) is 1.56. The van der Waals surface area contributed by atoms with E-state index in [0.717, 1.165) is 16.4 Å². The van der Waals surface area contributed by atoms with Crippen LogP contribution in [0.1, 0.15) is 0 Å².